The minimum absolute atomic E-state index is 0.0160. The number of benzene rings is 1. The lowest BCUT2D eigenvalue weighted by molar-refractivity contribution is 0.0697. The molecule has 0 heterocycles. The molecular weight excluding hydrogens is 337 g/mol. The van der Waals surface area contributed by atoms with Crippen molar-refractivity contribution in [2.24, 2.45) is 0 Å². The van der Waals surface area contributed by atoms with E-state index in [1.807, 2.05) is 0 Å². The van der Waals surface area contributed by atoms with Gasteiger partial charge in [-0.3, -0.25) is 0 Å². The van der Waals surface area contributed by atoms with E-state index >= 15 is 0 Å². The second kappa shape index (κ2) is 6.79. The monoisotopic (exact) mass is 351 g/mol. The summed E-state index contributed by atoms with van der Waals surface area (Å²) in [6.45, 7) is 6.98. The molecule has 1 N–H and O–H groups in total. The highest BCUT2D eigenvalue weighted by molar-refractivity contribution is 7.89. The van der Waals surface area contributed by atoms with Crippen molar-refractivity contribution in [1.29, 1.82) is 0 Å². The molecule has 0 aliphatic rings. The average Bonchev–Trinajstić information content (AvgIpc) is 2.37. The summed E-state index contributed by atoms with van der Waals surface area (Å²) in [5.41, 5.74) is -0.356. The summed E-state index contributed by atoms with van der Waals surface area (Å²) >= 11 is 11.7. The standard InChI is InChI=1S/C13H15Cl2NO4S/c1-4-5-16(8(2)3)21(19,20)11-7-9(14)6-10(12(11)15)13(17)18/h4,6-8H,1,5H2,2-3H3,(H,17,18). The first-order valence-corrected chi connectivity index (χ1v) is 8.17. The van der Waals surface area contributed by atoms with Crippen LogP contribution < -0.4 is 0 Å². The van der Waals surface area contributed by atoms with Crippen molar-refractivity contribution in [3.05, 3.63) is 40.4 Å². The van der Waals surface area contributed by atoms with Crippen LogP contribution in [-0.4, -0.2) is 36.4 Å². The van der Waals surface area contributed by atoms with Gasteiger partial charge < -0.3 is 5.11 Å². The lowest BCUT2D eigenvalue weighted by Gasteiger charge is -2.25. The van der Waals surface area contributed by atoms with Crippen LogP contribution in [0.15, 0.2) is 29.7 Å². The van der Waals surface area contributed by atoms with Crippen molar-refractivity contribution in [2.75, 3.05) is 6.54 Å². The second-order valence-electron chi connectivity index (χ2n) is 4.53. The second-order valence-corrected chi connectivity index (χ2v) is 7.20. The number of hydrogen-bond acceptors (Lipinski definition) is 3. The van der Waals surface area contributed by atoms with Crippen molar-refractivity contribution in [3.63, 3.8) is 0 Å². The molecular formula is C13H15Cl2NO4S. The van der Waals surface area contributed by atoms with Crippen LogP contribution in [0.25, 0.3) is 0 Å². The molecule has 0 radical (unpaired) electrons. The molecule has 0 saturated heterocycles. The SMILES string of the molecule is C=CCN(C(C)C)S(=O)(=O)c1cc(Cl)cc(C(=O)O)c1Cl. The molecule has 0 atom stereocenters. The van der Waals surface area contributed by atoms with E-state index < -0.39 is 16.0 Å². The number of aromatic carboxylic acids is 1. The minimum atomic E-state index is -3.99. The zero-order valence-corrected chi connectivity index (χ0v) is 13.8. The van der Waals surface area contributed by atoms with Gasteiger partial charge in [0.2, 0.25) is 10.0 Å². The van der Waals surface area contributed by atoms with Gasteiger partial charge in [-0.15, -0.1) is 6.58 Å². The van der Waals surface area contributed by atoms with E-state index in [4.69, 9.17) is 28.3 Å². The van der Waals surface area contributed by atoms with Gasteiger partial charge in [-0.25, -0.2) is 13.2 Å². The van der Waals surface area contributed by atoms with E-state index in [1.54, 1.807) is 13.8 Å². The van der Waals surface area contributed by atoms with Crippen LogP contribution in [0.1, 0.15) is 24.2 Å². The smallest absolute Gasteiger partial charge is 0.337 e. The molecule has 0 saturated carbocycles. The molecule has 1 rings (SSSR count). The predicted molar refractivity (Wildman–Crippen MR) is 82.6 cm³/mol. The zero-order valence-electron chi connectivity index (χ0n) is 11.5. The van der Waals surface area contributed by atoms with E-state index in [2.05, 4.69) is 6.58 Å². The Labute approximate surface area is 133 Å². The third-order valence-corrected chi connectivity index (χ3v) is 5.51. The fourth-order valence-electron chi connectivity index (χ4n) is 1.75. The van der Waals surface area contributed by atoms with Gasteiger partial charge >= 0.3 is 5.97 Å². The molecule has 0 aliphatic heterocycles. The highest BCUT2D eigenvalue weighted by Crippen LogP contribution is 2.32. The topological polar surface area (TPSA) is 74.7 Å². The molecule has 0 aromatic heterocycles. The molecule has 0 aliphatic carbocycles. The van der Waals surface area contributed by atoms with Gasteiger partial charge in [-0.1, -0.05) is 29.3 Å². The highest BCUT2D eigenvalue weighted by atomic mass is 35.5. The summed E-state index contributed by atoms with van der Waals surface area (Å²) in [5, 5.41) is 8.69. The number of carboxylic acids is 1. The van der Waals surface area contributed by atoms with Gasteiger partial charge in [0.25, 0.3) is 0 Å². The minimum Gasteiger partial charge on any atom is -0.478 e. The van der Waals surface area contributed by atoms with Gasteiger partial charge in [-0.05, 0) is 26.0 Å². The van der Waals surface area contributed by atoms with E-state index in [0.717, 1.165) is 16.4 Å². The van der Waals surface area contributed by atoms with Crippen LogP contribution in [0.3, 0.4) is 0 Å². The fourth-order valence-corrected chi connectivity index (χ4v) is 4.23. The van der Waals surface area contributed by atoms with E-state index in [0.29, 0.717) is 0 Å². The van der Waals surface area contributed by atoms with Crippen molar-refractivity contribution in [2.45, 2.75) is 24.8 Å². The van der Waals surface area contributed by atoms with Crippen LogP contribution in [0.2, 0.25) is 10.0 Å². The van der Waals surface area contributed by atoms with Crippen LogP contribution in [0.4, 0.5) is 0 Å². The molecule has 1 aromatic carbocycles. The van der Waals surface area contributed by atoms with Crippen molar-refractivity contribution in [1.82, 2.24) is 4.31 Å². The fraction of sp³-hybridized carbons (Fsp3) is 0.308. The maximum Gasteiger partial charge on any atom is 0.337 e. The molecule has 0 spiro atoms. The molecule has 8 heteroatoms. The quantitative estimate of drug-likeness (QED) is 0.798. The summed E-state index contributed by atoms with van der Waals surface area (Å²) in [5.74, 6) is -1.35. The van der Waals surface area contributed by atoms with Crippen LogP contribution >= 0.6 is 23.2 Å². The molecule has 0 bridgehead atoms. The summed E-state index contributed by atoms with van der Waals surface area (Å²) < 4.78 is 26.5. The average molecular weight is 352 g/mol. The molecule has 0 fully saturated rings. The number of hydrogen-bond donors (Lipinski definition) is 1. The molecule has 1 aromatic rings. The third kappa shape index (κ3) is 3.77. The van der Waals surface area contributed by atoms with Gasteiger partial charge in [-0.2, -0.15) is 4.31 Å². The van der Waals surface area contributed by atoms with Crippen LogP contribution in [-0.2, 0) is 10.0 Å². The lowest BCUT2D eigenvalue weighted by Crippen LogP contribution is -2.37. The number of halogens is 2. The largest absolute Gasteiger partial charge is 0.478 e. The number of rotatable bonds is 6. The Kier molecular flexibility index (Phi) is 5.81. The zero-order chi connectivity index (χ0) is 16.4. The Bertz CT molecular complexity index is 671. The van der Waals surface area contributed by atoms with E-state index in [-0.39, 0.29) is 33.1 Å². The summed E-state index contributed by atoms with van der Waals surface area (Å²) in [7, 11) is -3.99. The van der Waals surface area contributed by atoms with Crippen molar-refractivity contribution >= 4 is 39.2 Å². The number of carboxylic acid groups (broad SMARTS) is 1. The van der Waals surface area contributed by atoms with E-state index in [1.165, 1.54) is 6.08 Å². The Morgan fingerprint density at radius 2 is 2.00 bits per heavy atom. The lowest BCUT2D eigenvalue weighted by atomic mass is 10.2. The van der Waals surface area contributed by atoms with E-state index in [9.17, 15) is 13.2 Å². The molecule has 116 valence electrons. The molecule has 0 unspecified atom stereocenters. The first-order chi connectivity index (χ1) is 9.62. The Hall–Kier alpha value is -1.08. The molecule has 5 nitrogen and oxygen atoms in total. The summed E-state index contributed by atoms with van der Waals surface area (Å²) in [4.78, 5) is 10.8. The number of sulfonamides is 1. The third-order valence-electron chi connectivity index (χ3n) is 2.71. The molecule has 21 heavy (non-hydrogen) atoms. The first kappa shape index (κ1) is 18.0. The van der Waals surface area contributed by atoms with Gasteiger partial charge in [0.1, 0.15) is 4.90 Å². The van der Waals surface area contributed by atoms with Crippen LogP contribution in [0.5, 0.6) is 0 Å². The van der Waals surface area contributed by atoms with Gasteiger partial charge in [0.15, 0.2) is 0 Å². The highest BCUT2D eigenvalue weighted by Gasteiger charge is 2.30. The normalized spacial score (nSPS) is 11.9. The number of nitrogens with zero attached hydrogens (tertiary/aromatic N) is 1. The predicted octanol–water partition coefficient (Wildman–Crippen LogP) is 3.28. The summed E-state index contributed by atoms with van der Waals surface area (Å²) in [6, 6.07) is 1.90. The van der Waals surface area contributed by atoms with Gasteiger partial charge in [0.05, 0.1) is 10.6 Å². The van der Waals surface area contributed by atoms with Crippen LogP contribution in [0, 0.1) is 0 Å². The van der Waals surface area contributed by atoms with Gasteiger partial charge in [0, 0.05) is 17.6 Å². The Morgan fingerprint density at radius 1 is 1.43 bits per heavy atom. The Balaban J connectivity index is 3.57. The molecule has 0 amide bonds. The first-order valence-electron chi connectivity index (χ1n) is 5.98. The maximum atomic E-state index is 12.7. The number of carbonyl (C=O) groups is 1. The summed E-state index contributed by atoms with van der Waals surface area (Å²) in [6.07, 6.45) is 1.44. The maximum absolute atomic E-state index is 12.7. The van der Waals surface area contributed by atoms with Crippen molar-refractivity contribution < 1.29 is 18.3 Å². The van der Waals surface area contributed by atoms with Crippen molar-refractivity contribution in [3.8, 4) is 0 Å². The Morgan fingerprint density at radius 3 is 2.43 bits per heavy atom.